The third-order valence-corrected chi connectivity index (χ3v) is 7.22. The van der Waals surface area contributed by atoms with E-state index in [1.807, 2.05) is 6.92 Å². The van der Waals surface area contributed by atoms with E-state index < -0.39 is 5.97 Å². The van der Waals surface area contributed by atoms with Gasteiger partial charge in [-0.3, -0.25) is 0 Å². The summed E-state index contributed by atoms with van der Waals surface area (Å²) in [5.74, 6) is -1.12. The van der Waals surface area contributed by atoms with Crippen molar-refractivity contribution in [1.82, 2.24) is 0 Å². The van der Waals surface area contributed by atoms with Gasteiger partial charge in [0.1, 0.15) is 0 Å². The number of rotatable bonds is 23. The Morgan fingerprint density at radius 3 is 1.22 bits per heavy atom. The van der Waals surface area contributed by atoms with Gasteiger partial charge in [-0.2, -0.15) is 0 Å². The van der Waals surface area contributed by atoms with Crippen LogP contribution in [0, 0.1) is 6.92 Å². The number of carbonyl (C=O) groups is 1. The summed E-state index contributed by atoms with van der Waals surface area (Å²) in [5, 5.41) is 10.2. The summed E-state index contributed by atoms with van der Waals surface area (Å²) >= 11 is 0. The molecule has 0 amide bonds. The van der Waals surface area contributed by atoms with E-state index in [1.54, 1.807) is 12.1 Å². The summed E-state index contributed by atoms with van der Waals surface area (Å²) < 4.78 is 0. The van der Waals surface area contributed by atoms with Crippen molar-refractivity contribution in [2.75, 3.05) is 0 Å². The molecule has 3 nitrogen and oxygen atoms in total. The fraction of sp³-hybridized carbons (Fsp3) is 0.788. The van der Waals surface area contributed by atoms with Crippen LogP contribution >= 0.6 is 0 Å². The smallest absolute Gasteiger partial charge is 0.0843 e. The van der Waals surface area contributed by atoms with Crippen molar-refractivity contribution in [3.05, 3.63) is 35.4 Å². The molecule has 1 aromatic carbocycles. The van der Waals surface area contributed by atoms with Crippen LogP contribution in [0.2, 0.25) is 0 Å². The number of unbranched alkanes of at least 4 members (excludes halogenated alkanes) is 18. The van der Waals surface area contributed by atoms with Crippen LogP contribution in [0.1, 0.15) is 171 Å². The Balaban J connectivity index is 0.00000101. The normalized spacial score (nSPS) is 10.9. The van der Waals surface area contributed by atoms with Crippen LogP contribution < -0.4 is 10.8 Å². The monoisotopic (exact) mass is 503 g/mol. The maximum Gasteiger partial charge on any atom is 0.0843 e. The van der Waals surface area contributed by atoms with Gasteiger partial charge < -0.3 is 15.6 Å². The molecule has 3 heteroatoms. The number of carbonyl (C=O) groups excluding carboxylic acids is 1. The third kappa shape index (κ3) is 24.3. The largest absolute Gasteiger partial charge is 0.545 e. The van der Waals surface area contributed by atoms with Crippen LogP contribution in [0.5, 0.6) is 0 Å². The minimum Gasteiger partial charge on any atom is -0.545 e. The Hall–Kier alpha value is -1.35. The molecule has 0 aliphatic rings. The van der Waals surface area contributed by atoms with E-state index >= 15 is 0 Å². The van der Waals surface area contributed by atoms with Gasteiger partial charge in [-0.05, 0) is 38.2 Å². The molecule has 0 radical (unpaired) electrons. The second-order valence-electron chi connectivity index (χ2n) is 11.0. The first-order valence-electron chi connectivity index (χ1n) is 15.6. The lowest BCUT2D eigenvalue weighted by Crippen LogP contribution is -2.60. The molecule has 1 aromatic rings. The molecule has 0 bridgehead atoms. The molecule has 0 atom stereocenters. The fourth-order valence-corrected chi connectivity index (χ4v) is 4.67. The highest BCUT2D eigenvalue weighted by atomic mass is 16.4. The van der Waals surface area contributed by atoms with Gasteiger partial charge >= 0.3 is 0 Å². The lowest BCUT2D eigenvalue weighted by molar-refractivity contribution is -0.423. The van der Waals surface area contributed by atoms with E-state index in [-0.39, 0.29) is 5.56 Å². The number of hydrogen-bond donors (Lipinski definition) is 1. The molecule has 0 aliphatic carbocycles. The topological polar surface area (TPSA) is 67.8 Å². The van der Waals surface area contributed by atoms with E-state index in [2.05, 4.69) is 19.6 Å². The first-order chi connectivity index (χ1) is 17.5. The van der Waals surface area contributed by atoms with Gasteiger partial charge in [-0.25, -0.2) is 0 Å². The maximum atomic E-state index is 10.2. The predicted molar refractivity (Wildman–Crippen MR) is 155 cm³/mol. The van der Waals surface area contributed by atoms with Crippen molar-refractivity contribution in [2.45, 2.75) is 168 Å². The van der Waals surface area contributed by atoms with Gasteiger partial charge in [0, 0.05) is 0 Å². The number of hydrogen-bond acceptors (Lipinski definition) is 2. The van der Waals surface area contributed by atoms with E-state index in [1.165, 1.54) is 153 Å². The van der Waals surface area contributed by atoms with Crippen LogP contribution in [0.4, 0.5) is 0 Å². The van der Waals surface area contributed by atoms with Crippen molar-refractivity contribution in [1.29, 1.82) is 0 Å². The highest BCUT2D eigenvalue weighted by Gasteiger charge is 2.05. The second kappa shape index (κ2) is 26.7. The third-order valence-electron chi connectivity index (χ3n) is 7.22. The van der Waals surface area contributed by atoms with Crippen LogP contribution in [0.15, 0.2) is 24.3 Å². The molecule has 3 N–H and O–H groups in total. The minimum absolute atomic E-state index is 0.227. The molecule has 0 fully saturated rings. The highest BCUT2D eigenvalue weighted by molar-refractivity contribution is 5.85. The lowest BCUT2D eigenvalue weighted by atomic mass is 10.00. The molecule has 0 aliphatic heterocycles. The first kappa shape index (κ1) is 34.6. The number of aryl methyl sites for hydroxylation is 1. The number of benzene rings is 1. The Morgan fingerprint density at radius 1 is 0.611 bits per heavy atom. The Bertz CT molecular complexity index is 560. The zero-order valence-corrected chi connectivity index (χ0v) is 24.5. The van der Waals surface area contributed by atoms with Crippen LogP contribution in [-0.4, -0.2) is 12.0 Å². The molecule has 0 saturated carbocycles. The van der Waals surface area contributed by atoms with Crippen LogP contribution in [0.3, 0.4) is 0 Å². The van der Waals surface area contributed by atoms with Crippen LogP contribution in [-0.2, 0) is 0 Å². The zero-order chi connectivity index (χ0) is 26.7. The molecule has 0 spiro atoms. The maximum absolute atomic E-state index is 10.2. The minimum atomic E-state index is -1.12. The molecule has 0 unspecified atom stereocenters. The molecule has 0 saturated heterocycles. The van der Waals surface area contributed by atoms with Crippen molar-refractivity contribution in [2.24, 2.45) is 0 Å². The SMILES string of the molecule is CCCCCCCCCCCCC([NH3+])CCCCCCCCCCCC.Cc1ccc(C(=O)[O-])cc1. The van der Waals surface area contributed by atoms with Crippen molar-refractivity contribution >= 4 is 5.97 Å². The van der Waals surface area contributed by atoms with E-state index in [9.17, 15) is 9.90 Å². The van der Waals surface area contributed by atoms with Gasteiger partial charge in [0.25, 0.3) is 0 Å². The average molecular weight is 504 g/mol. The summed E-state index contributed by atoms with van der Waals surface area (Å²) in [6.45, 7) is 6.50. The Labute approximate surface area is 225 Å². The van der Waals surface area contributed by atoms with Gasteiger partial charge in [-0.1, -0.05) is 159 Å². The molecule has 1 rings (SSSR count). The Morgan fingerprint density at radius 2 is 0.917 bits per heavy atom. The summed E-state index contributed by atoms with van der Waals surface area (Å²) in [6.07, 6.45) is 31.6. The first-order valence-corrected chi connectivity index (χ1v) is 15.6. The molecular formula is C33H61NO2. The number of aromatic carboxylic acids is 1. The molecule has 0 aromatic heterocycles. The Kier molecular flexibility index (Phi) is 25.7. The second-order valence-corrected chi connectivity index (χ2v) is 11.0. The van der Waals surface area contributed by atoms with E-state index in [0.29, 0.717) is 0 Å². The molecule has 210 valence electrons. The summed E-state index contributed by atoms with van der Waals surface area (Å²) in [7, 11) is 0. The van der Waals surface area contributed by atoms with Gasteiger partial charge in [0.2, 0.25) is 0 Å². The number of carboxylic acid groups (broad SMARTS) is 1. The number of quaternary nitrogens is 1. The molecule has 0 heterocycles. The summed E-state index contributed by atoms with van der Waals surface area (Å²) in [5.41, 5.74) is 5.66. The molecular weight excluding hydrogens is 442 g/mol. The quantitative estimate of drug-likeness (QED) is 0.152. The average Bonchev–Trinajstić information content (AvgIpc) is 2.87. The predicted octanol–water partition coefficient (Wildman–Crippen LogP) is 8.58. The fourth-order valence-electron chi connectivity index (χ4n) is 4.67. The lowest BCUT2D eigenvalue weighted by Gasteiger charge is -2.08. The van der Waals surface area contributed by atoms with Gasteiger partial charge in [0.15, 0.2) is 0 Å². The molecule has 36 heavy (non-hydrogen) atoms. The standard InChI is InChI=1S/C25H53N.C8H8O2/c1-3-5-7-9-11-13-15-17-19-21-23-25(26)24-22-20-18-16-14-12-10-8-6-4-2;1-6-2-4-7(5-3-6)8(9)10/h25H,3-24,26H2,1-2H3;2-5H,1H3,(H,9,10). The van der Waals surface area contributed by atoms with Gasteiger partial charge in [-0.15, -0.1) is 0 Å². The highest BCUT2D eigenvalue weighted by Crippen LogP contribution is 2.14. The summed E-state index contributed by atoms with van der Waals surface area (Å²) in [6, 6.07) is 7.27. The van der Waals surface area contributed by atoms with E-state index in [4.69, 9.17) is 0 Å². The van der Waals surface area contributed by atoms with Crippen molar-refractivity contribution in [3.63, 3.8) is 0 Å². The van der Waals surface area contributed by atoms with Gasteiger partial charge in [0.05, 0.1) is 12.0 Å². The van der Waals surface area contributed by atoms with Crippen LogP contribution in [0.25, 0.3) is 0 Å². The summed E-state index contributed by atoms with van der Waals surface area (Å²) in [4.78, 5) is 10.2. The van der Waals surface area contributed by atoms with Crippen molar-refractivity contribution < 1.29 is 15.6 Å². The van der Waals surface area contributed by atoms with Crippen molar-refractivity contribution in [3.8, 4) is 0 Å². The number of carboxylic acids is 1. The zero-order valence-electron chi connectivity index (χ0n) is 24.5. The van der Waals surface area contributed by atoms with E-state index in [0.717, 1.165) is 11.6 Å².